The van der Waals surface area contributed by atoms with Crippen LogP contribution in [0.2, 0.25) is 0 Å². The zero-order chi connectivity index (χ0) is 11.0. The summed E-state index contributed by atoms with van der Waals surface area (Å²) in [7, 11) is 1.69. The van der Waals surface area contributed by atoms with Crippen molar-refractivity contribution in [1.29, 1.82) is 0 Å². The molecule has 1 aromatic heterocycles. The molecule has 15 heavy (non-hydrogen) atoms. The van der Waals surface area contributed by atoms with E-state index >= 15 is 0 Å². The molecule has 0 aliphatic rings. The summed E-state index contributed by atoms with van der Waals surface area (Å²) >= 11 is 3.40. The van der Waals surface area contributed by atoms with Crippen LogP contribution in [0.15, 0.2) is 25.8 Å². The van der Waals surface area contributed by atoms with Crippen LogP contribution in [0.5, 0.6) is 0 Å². The Bertz CT molecular complexity index is 556. The third kappa shape index (κ3) is 1.72. The van der Waals surface area contributed by atoms with Crippen LogP contribution in [-0.4, -0.2) is 11.1 Å². The molecule has 2 rings (SSSR count). The van der Waals surface area contributed by atoms with Crippen molar-refractivity contribution in [3.8, 4) is 0 Å². The zero-order valence-corrected chi connectivity index (χ0v) is 9.87. The largest absolute Gasteiger partial charge is 0.419 e. The Morgan fingerprint density at radius 2 is 2.27 bits per heavy atom. The van der Waals surface area contributed by atoms with Gasteiger partial charge in [-0.1, -0.05) is 15.9 Å². The monoisotopic (exact) mass is 270 g/mol. The number of nitrogens with two attached hydrogens (primary N) is 1. The minimum absolute atomic E-state index is 0.346. The molecule has 0 atom stereocenters. The van der Waals surface area contributed by atoms with Gasteiger partial charge in [0, 0.05) is 11.5 Å². The summed E-state index contributed by atoms with van der Waals surface area (Å²) in [6.07, 6.45) is 0.697. The Kier molecular flexibility index (Phi) is 2.67. The summed E-state index contributed by atoms with van der Waals surface area (Å²) in [6, 6.07) is 3.79. The summed E-state index contributed by atoms with van der Waals surface area (Å²) in [4.78, 5) is 11.4. The molecule has 0 radical (unpaired) electrons. The van der Waals surface area contributed by atoms with Crippen molar-refractivity contribution in [2.75, 3.05) is 6.54 Å². The highest BCUT2D eigenvalue weighted by Gasteiger charge is 2.11. The maximum Gasteiger partial charge on any atom is 0.419 e. The molecule has 5 heteroatoms. The van der Waals surface area contributed by atoms with Crippen LogP contribution in [-0.2, 0) is 13.5 Å². The first-order chi connectivity index (χ1) is 7.13. The minimum atomic E-state index is -0.346. The molecular weight excluding hydrogens is 260 g/mol. The van der Waals surface area contributed by atoms with Crippen molar-refractivity contribution in [3.05, 3.63) is 32.7 Å². The summed E-state index contributed by atoms with van der Waals surface area (Å²) < 4.78 is 7.58. The Labute approximate surface area is 94.8 Å². The van der Waals surface area contributed by atoms with E-state index in [1.165, 1.54) is 4.57 Å². The van der Waals surface area contributed by atoms with Crippen LogP contribution in [0.3, 0.4) is 0 Å². The number of halogens is 1. The minimum Gasteiger partial charge on any atom is -0.407 e. The lowest BCUT2D eigenvalue weighted by Gasteiger charge is -2.01. The number of benzene rings is 1. The second-order valence-electron chi connectivity index (χ2n) is 3.38. The standard InChI is InChI=1S/C10H11BrN2O2/c1-13-8-5-7(11)4-6(2-3-12)9(8)15-10(13)14/h4-5H,2-3,12H2,1H3. The molecule has 0 unspecified atom stereocenters. The van der Waals surface area contributed by atoms with Gasteiger partial charge < -0.3 is 10.2 Å². The van der Waals surface area contributed by atoms with Gasteiger partial charge in [-0.15, -0.1) is 0 Å². The molecular formula is C10H11BrN2O2. The number of oxazole rings is 1. The van der Waals surface area contributed by atoms with E-state index in [2.05, 4.69) is 15.9 Å². The highest BCUT2D eigenvalue weighted by Crippen LogP contribution is 2.23. The molecule has 0 amide bonds. The number of hydrogen-bond acceptors (Lipinski definition) is 3. The average Bonchev–Trinajstić information content (AvgIpc) is 2.46. The molecule has 0 fully saturated rings. The van der Waals surface area contributed by atoms with E-state index in [0.717, 1.165) is 15.6 Å². The first-order valence-electron chi connectivity index (χ1n) is 4.61. The van der Waals surface area contributed by atoms with Crippen LogP contribution in [0, 0.1) is 0 Å². The fraction of sp³-hybridized carbons (Fsp3) is 0.300. The van der Waals surface area contributed by atoms with Crippen LogP contribution in [0.1, 0.15) is 5.56 Å². The van der Waals surface area contributed by atoms with Crippen molar-refractivity contribution in [3.63, 3.8) is 0 Å². The SMILES string of the molecule is Cn1c(=O)oc2c(CCN)cc(Br)cc21. The molecule has 0 aliphatic carbocycles. The molecule has 1 heterocycles. The van der Waals surface area contributed by atoms with E-state index in [4.69, 9.17) is 10.2 Å². The fourth-order valence-electron chi connectivity index (χ4n) is 1.60. The molecule has 80 valence electrons. The van der Waals surface area contributed by atoms with E-state index in [1.807, 2.05) is 12.1 Å². The molecule has 0 saturated carbocycles. The zero-order valence-electron chi connectivity index (χ0n) is 8.29. The van der Waals surface area contributed by atoms with E-state index in [1.54, 1.807) is 7.05 Å². The van der Waals surface area contributed by atoms with E-state index in [0.29, 0.717) is 18.5 Å². The molecule has 4 nitrogen and oxygen atoms in total. The van der Waals surface area contributed by atoms with Gasteiger partial charge in [0.1, 0.15) is 0 Å². The Morgan fingerprint density at radius 1 is 1.53 bits per heavy atom. The van der Waals surface area contributed by atoms with Gasteiger partial charge in [-0.25, -0.2) is 4.79 Å². The quantitative estimate of drug-likeness (QED) is 0.898. The first kappa shape index (κ1) is 10.4. The number of nitrogens with zero attached hydrogens (tertiary/aromatic N) is 1. The van der Waals surface area contributed by atoms with Crippen LogP contribution < -0.4 is 11.5 Å². The van der Waals surface area contributed by atoms with Gasteiger partial charge in [-0.05, 0) is 30.7 Å². The van der Waals surface area contributed by atoms with Gasteiger partial charge in [0.05, 0.1) is 5.52 Å². The third-order valence-electron chi connectivity index (χ3n) is 2.35. The second-order valence-corrected chi connectivity index (χ2v) is 4.29. The maximum absolute atomic E-state index is 11.4. The summed E-state index contributed by atoms with van der Waals surface area (Å²) in [5.41, 5.74) is 7.89. The Morgan fingerprint density at radius 3 is 2.93 bits per heavy atom. The number of hydrogen-bond donors (Lipinski definition) is 1. The fourth-order valence-corrected chi connectivity index (χ4v) is 2.09. The third-order valence-corrected chi connectivity index (χ3v) is 2.81. The van der Waals surface area contributed by atoms with Crippen LogP contribution >= 0.6 is 15.9 Å². The van der Waals surface area contributed by atoms with Gasteiger partial charge in [0.15, 0.2) is 5.58 Å². The van der Waals surface area contributed by atoms with Gasteiger partial charge >= 0.3 is 5.76 Å². The van der Waals surface area contributed by atoms with E-state index in [9.17, 15) is 4.79 Å². The first-order valence-corrected chi connectivity index (χ1v) is 5.41. The van der Waals surface area contributed by atoms with Gasteiger partial charge in [0.2, 0.25) is 0 Å². The molecule has 0 aliphatic heterocycles. The van der Waals surface area contributed by atoms with Crippen molar-refractivity contribution < 1.29 is 4.42 Å². The van der Waals surface area contributed by atoms with Crippen LogP contribution in [0.25, 0.3) is 11.1 Å². The van der Waals surface area contributed by atoms with Crippen molar-refractivity contribution in [2.45, 2.75) is 6.42 Å². The predicted molar refractivity (Wildman–Crippen MR) is 61.9 cm³/mol. The average molecular weight is 271 g/mol. The normalized spacial score (nSPS) is 11.1. The molecule has 0 spiro atoms. The summed E-state index contributed by atoms with van der Waals surface area (Å²) in [5, 5.41) is 0. The van der Waals surface area contributed by atoms with Gasteiger partial charge in [0.25, 0.3) is 0 Å². The second kappa shape index (κ2) is 3.83. The lowest BCUT2D eigenvalue weighted by molar-refractivity contribution is 0.525. The predicted octanol–water partition coefficient (Wildman–Crippen LogP) is 1.40. The molecule has 0 bridgehead atoms. The van der Waals surface area contributed by atoms with Crippen LogP contribution in [0.4, 0.5) is 0 Å². The lowest BCUT2D eigenvalue weighted by atomic mass is 10.1. The molecule has 0 saturated heterocycles. The topological polar surface area (TPSA) is 61.2 Å². The molecule has 2 aromatic rings. The van der Waals surface area contributed by atoms with Crippen molar-refractivity contribution in [2.24, 2.45) is 12.8 Å². The van der Waals surface area contributed by atoms with E-state index < -0.39 is 0 Å². The summed E-state index contributed by atoms with van der Waals surface area (Å²) in [5.74, 6) is -0.346. The van der Waals surface area contributed by atoms with Crippen molar-refractivity contribution >= 4 is 27.0 Å². The maximum atomic E-state index is 11.4. The van der Waals surface area contributed by atoms with Gasteiger partial charge in [-0.3, -0.25) is 4.57 Å². The number of rotatable bonds is 2. The highest BCUT2D eigenvalue weighted by molar-refractivity contribution is 9.10. The van der Waals surface area contributed by atoms with Crippen molar-refractivity contribution in [1.82, 2.24) is 4.57 Å². The van der Waals surface area contributed by atoms with Gasteiger partial charge in [-0.2, -0.15) is 0 Å². The Hall–Kier alpha value is -1.07. The molecule has 2 N–H and O–H groups in total. The number of aryl methyl sites for hydroxylation is 1. The molecule has 1 aromatic carbocycles. The summed E-state index contributed by atoms with van der Waals surface area (Å²) in [6.45, 7) is 0.532. The highest BCUT2D eigenvalue weighted by atomic mass is 79.9. The number of fused-ring (bicyclic) bond motifs is 1. The number of aromatic nitrogens is 1. The van der Waals surface area contributed by atoms with E-state index in [-0.39, 0.29) is 5.76 Å². The Balaban J connectivity index is 2.80. The lowest BCUT2D eigenvalue weighted by Crippen LogP contribution is -2.08. The smallest absolute Gasteiger partial charge is 0.407 e.